The summed E-state index contributed by atoms with van der Waals surface area (Å²) in [5, 5.41) is 6.67. The fourth-order valence-electron chi connectivity index (χ4n) is 5.17. The number of morpholine rings is 1. The first kappa shape index (κ1) is 23.0. The summed E-state index contributed by atoms with van der Waals surface area (Å²) < 4.78 is 5.71. The fraction of sp³-hybridized carbons (Fsp3) is 0.652. The Hall–Kier alpha value is -1.63. The van der Waals surface area contributed by atoms with Gasteiger partial charge in [-0.3, -0.25) is 9.59 Å². The first-order valence-electron chi connectivity index (χ1n) is 11.0. The Morgan fingerprint density at radius 2 is 1.67 bits per heavy atom. The Balaban J connectivity index is 0.00000256. The highest BCUT2D eigenvalue weighted by Crippen LogP contribution is 2.32. The maximum absolute atomic E-state index is 12.7. The number of carbonyl (C=O) groups excluding carboxylic acids is 2. The van der Waals surface area contributed by atoms with E-state index < -0.39 is 0 Å². The second-order valence-electron chi connectivity index (χ2n) is 9.12. The van der Waals surface area contributed by atoms with E-state index in [0.717, 1.165) is 18.4 Å². The van der Waals surface area contributed by atoms with E-state index in [-0.39, 0.29) is 36.4 Å². The zero-order valence-corrected chi connectivity index (χ0v) is 18.7. The summed E-state index contributed by atoms with van der Waals surface area (Å²) in [6.45, 7) is 5.75. The number of fused-ring (bicyclic) bond motifs is 2. The molecule has 0 saturated carbocycles. The number of nitrogens with zero attached hydrogens (tertiary/aromatic N) is 1. The molecular formula is C23H34ClN3O3. The molecule has 3 saturated heterocycles. The fourth-order valence-corrected chi connectivity index (χ4v) is 5.17. The minimum atomic E-state index is 0. The van der Waals surface area contributed by atoms with Crippen molar-refractivity contribution in [3.8, 4) is 0 Å². The minimum Gasteiger partial charge on any atom is -0.372 e. The normalized spacial score (nSPS) is 30.5. The number of hydrogen-bond acceptors (Lipinski definition) is 4. The Labute approximate surface area is 185 Å². The van der Waals surface area contributed by atoms with Crippen LogP contribution in [0.25, 0.3) is 0 Å². The Bertz CT molecular complexity index is 720. The van der Waals surface area contributed by atoms with Gasteiger partial charge in [-0.1, -0.05) is 12.1 Å². The Morgan fingerprint density at radius 1 is 1.07 bits per heavy atom. The lowest BCUT2D eigenvalue weighted by atomic mass is 9.89. The molecule has 3 heterocycles. The summed E-state index contributed by atoms with van der Waals surface area (Å²) in [6.07, 6.45) is 5.52. The van der Waals surface area contributed by atoms with Crippen LogP contribution in [0.2, 0.25) is 0 Å². The molecule has 0 aliphatic carbocycles. The van der Waals surface area contributed by atoms with E-state index >= 15 is 0 Å². The summed E-state index contributed by atoms with van der Waals surface area (Å²) >= 11 is 0. The number of hydrogen-bond donors (Lipinski definition) is 2. The Morgan fingerprint density at radius 3 is 2.27 bits per heavy atom. The van der Waals surface area contributed by atoms with E-state index in [1.165, 1.54) is 12.8 Å². The van der Waals surface area contributed by atoms with Crippen LogP contribution in [-0.2, 0) is 16.1 Å². The molecule has 166 valence electrons. The van der Waals surface area contributed by atoms with Crippen LogP contribution in [0.3, 0.4) is 0 Å². The number of carbonyl (C=O) groups is 2. The number of rotatable bonds is 5. The zero-order chi connectivity index (χ0) is 20.4. The summed E-state index contributed by atoms with van der Waals surface area (Å²) in [4.78, 5) is 27.0. The summed E-state index contributed by atoms with van der Waals surface area (Å²) in [7, 11) is 0. The Kier molecular flexibility index (Phi) is 7.77. The maximum atomic E-state index is 12.7. The summed E-state index contributed by atoms with van der Waals surface area (Å²) in [6, 6.07) is 8.83. The number of ether oxygens (including phenoxy) is 1. The number of nitrogens with one attached hydrogen (secondary N) is 2. The molecule has 4 unspecified atom stereocenters. The molecule has 0 radical (unpaired) electrons. The summed E-state index contributed by atoms with van der Waals surface area (Å²) in [5.74, 6) is 0.683. The molecule has 4 atom stereocenters. The zero-order valence-electron chi connectivity index (χ0n) is 17.9. The standard InChI is InChI=1S/C23H33N3O3.ClH/c1-15-13-26(14-16(2)29-15)23(28)19-5-3-17(4-6-19)12-24-22(27)11-18-9-20-7-8-21(10-18)25-20;/h3-6,15-16,18,20-21,25H,7-14H2,1-2H3,(H,24,27);1H. The molecule has 3 aliphatic rings. The van der Waals surface area contributed by atoms with Crippen molar-refractivity contribution in [2.24, 2.45) is 5.92 Å². The topological polar surface area (TPSA) is 70.7 Å². The quantitative estimate of drug-likeness (QED) is 0.746. The van der Waals surface area contributed by atoms with Crippen molar-refractivity contribution < 1.29 is 14.3 Å². The molecule has 3 aliphatic heterocycles. The van der Waals surface area contributed by atoms with Crippen LogP contribution in [-0.4, -0.2) is 54.1 Å². The van der Waals surface area contributed by atoms with Crippen molar-refractivity contribution in [3.05, 3.63) is 35.4 Å². The number of amides is 2. The molecule has 4 rings (SSSR count). The molecule has 6 nitrogen and oxygen atoms in total. The van der Waals surface area contributed by atoms with Crippen molar-refractivity contribution >= 4 is 24.2 Å². The molecule has 7 heteroatoms. The van der Waals surface area contributed by atoms with Gasteiger partial charge in [0, 0.05) is 43.7 Å². The largest absolute Gasteiger partial charge is 0.372 e. The molecule has 1 aromatic rings. The third-order valence-corrected chi connectivity index (χ3v) is 6.44. The van der Waals surface area contributed by atoms with Crippen molar-refractivity contribution in [1.82, 2.24) is 15.5 Å². The van der Waals surface area contributed by atoms with Crippen LogP contribution in [0, 0.1) is 5.92 Å². The van der Waals surface area contributed by atoms with E-state index in [1.54, 1.807) is 0 Å². The van der Waals surface area contributed by atoms with Crippen molar-refractivity contribution in [2.75, 3.05) is 13.1 Å². The van der Waals surface area contributed by atoms with Gasteiger partial charge in [0.25, 0.3) is 5.91 Å². The average molecular weight is 436 g/mol. The van der Waals surface area contributed by atoms with Gasteiger partial charge >= 0.3 is 0 Å². The molecule has 1 aromatic carbocycles. The van der Waals surface area contributed by atoms with Gasteiger partial charge in [-0.25, -0.2) is 0 Å². The second-order valence-corrected chi connectivity index (χ2v) is 9.12. The van der Waals surface area contributed by atoms with Gasteiger partial charge in [0.05, 0.1) is 12.2 Å². The van der Waals surface area contributed by atoms with Crippen molar-refractivity contribution in [2.45, 2.75) is 76.8 Å². The highest BCUT2D eigenvalue weighted by Gasteiger charge is 2.34. The van der Waals surface area contributed by atoms with Gasteiger partial charge < -0.3 is 20.3 Å². The predicted molar refractivity (Wildman–Crippen MR) is 119 cm³/mol. The number of piperidine rings is 1. The van der Waals surface area contributed by atoms with Gasteiger partial charge in [-0.05, 0) is 63.1 Å². The van der Waals surface area contributed by atoms with Crippen LogP contribution >= 0.6 is 12.4 Å². The molecule has 2 N–H and O–H groups in total. The lowest BCUT2D eigenvalue weighted by Crippen LogP contribution is -2.48. The molecule has 30 heavy (non-hydrogen) atoms. The smallest absolute Gasteiger partial charge is 0.254 e. The molecule has 3 fully saturated rings. The lowest BCUT2D eigenvalue weighted by Gasteiger charge is -2.35. The van der Waals surface area contributed by atoms with E-state index in [4.69, 9.17) is 4.74 Å². The molecule has 2 bridgehead atoms. The predicted octanol–water partition coefficient (Wildman–Crippen LogP) is 2.89. The average Bonchev–Trinajstić information content (AvgIpc) is 3.03. The van der Waals surface area contributed by atoms with Gasteiger partial charge in [0.2, 0.25) is 5.91 Å². The van der Waals surface area contributed by atoms with Crippen LogP contribution in [0.4, 0.5) is 0 Å². The van der Waals surface area contributed by atoms with Crippen molar-refractivity contribution in [1.29, 1.82) is 0 Å². The van der Waals surface area contributed by atoms with Gasteiger partial charge in [-0.15, -0.1) is 12.4 Å². The molecular weight excluding hydrogens is 402 g/mol. The molecule has 2 amide bonds. The van der Waals surface area contributed by atoms with Crippen molar-refractivity contribution in [3.63, 3.8) is 0 Å². The highest BCUT2D eigenvalue weighted by molar-refractivity contribution is 5.94. The van der Waals surface area contributed by atoms with Crippen LogP contribution < -0.4 is 10.6 Å². The lowest BCUT2D eigenvalue weighted by molar-refractivity contribution is -0.122. The maximum Gasteiger partial charge on any atom is 0.254 e. The number of halogens is 1. The van der Waals surface area contributed by atoms with Gasteiger partial charge in [0.15, 0.2) is 0 Å². The van der Waals surface area contributed by atoms with E-state index in [0.29, 0.717) is 49.6 Å². The van der Waals surface area contributed by atoms with E-state index in [9.17, 15) is 9.59 Å². The van der Waals surface area contributed by atoms with Gasteiger partial charge in [-0.2, -0.15) is 0 Å². The third kappa shape index (κ3) is 5.74. The van der Waals surface area contributed by atoms with E-state index in [2.05, 4.69) is 10.6 Å². The van der Waals surface area contributed by atoms with Crippen LogP contribution in [0.15, 0.2) is 24.3 Å². The SMILES string of the molecule is CC1CN(C(=O)c2ccc(CNC(=O)CC3CC4CCC(C3)N4)cc2)CC(C)O1.Cl. The third-order valence-electron chi connectivity index (χ3n) is 6.44. The monoisotopic (exact) mass is 435 g/mol. The highest BCUT2D eigenvalue weighted by atomic mass is 35.5. The van der Waals surface area contributed by atoms with Crippen LogP contribution in [0.1, 0.15) is 61.9 Å². The first-order chi connectivity index (χ1) is 14.0. The van der Waals surface area contributed by atoms with E-state index in [1.807, 2.05) is 43.0 Å². The van der Waals surface area contributed by atoms with Gasteiger partial charge in [0.1, 0.15) is 0 Å². The first-order valence-corrected chi connectivity index (χ1v) is 11.0. The molecule has 0 spiro atoms. The van der Waals surface area contributed by atoms with Crippen LogP contribution in [0.5, 0.6) is 0 Å². The second kappa shape index (κ2) is 10.1. The summed E-state index contributed by atoms with van der Waals surface area (Å²) in [5.41, 5.74) is 1.70. The number of benzene rings is 1. The molecule has 0 aromatic heterocycles. The minimum absolute atomic E-state index is 0.